The van der Waals surface area contributed by atoms with Gasteiger partial charge in [-0.15, -0.1) is 0 Å². The predicted molar refractivity (Wildman–Crippen MR) is 87.4 cm³/mol. The minimum absolute atomic E-state index is 0.155. The molecule has 124 valence electrons. The molecule has 0 aliphatic carbocycles. The van der Waals surface area contributed by atoms with E-state index in [0.29, 0.717) is 28.6 Å². The van der Waals surface area contributed by atoms with Gasteiger partial charge in [0.2, 0.25) is 12.7 Å². The fraction of sp³-hybridized carbons (Fsp3) is 0.176. The van der Waals surface area contributed by atoms with Gasteiger partial charge in [-0.05, 0) is 24.3 Å². The van der Waals surface area contributed by atoms with Crippen molar-refractivity contribution in [3.05, 3.63) is 42.5 Å². The lowest BCUT2D eigenvalue weighted by molar-refractivity contribution is -0.118. The Kier molecular flexibility index (Phi) is 4.51. The van der Waals surface area contributed by atoms with Gasteiger partial charge in [-0.3, -0.25) is 9.59 Å². The van der Waals surface area contributed by atoms with E-state index in [1.807, 2.05) is 0 Å². The van der Waals surface area contributed by atoms with Gasteiger partial charge < -0.3 is 24.8 Å². The van der Waals surface area contributed by atoms with Gasteiger partial charge in [-0.1, -0.05) is 6.07 Å². The molecular formula is C17H16N2O5. The van der Waals surface area contributed by atoms with Crippen molar-refractivity contribution < 1.29 is 23.8 Å². The van der Waals surface area contributed by atoms with Crippen LogP contribution in [0.15, 0.2) is 42.5 Å². The number of hydrogen-bond donors (Lipinski definition) is 2. The maximum Gasteiger partial charge on any atom is 0.262 e. The van der Waals surface area contributed by atoms with Crippen LogP contribution in [0.4, 0.5) is 11.4 Å². The molecule has 2 aromatic carbocycles. The predicted octanol–water partition coefficient (Wildman–Crippen LogP) is 2.39. The van der Waals surface area contributed by atoms with Gasteiger partial charge in [0.15, 0.2) is 18.1 Å². The van der Waals surface area contributed by atoms with Crippen molar-refractivity contribution in [2.24, 2.45) is 0 Å². The van der Waals surface area contributed by atoms with Crippen molar-refractivity contribution in [2.75, 3.05) is 24.0 Å². The van der Waals surface area contributed by atoms with E-state index in [1.165, 1.54) is 6.92 Å². The summed E-state index contributed by atoms with van der Waals surface area (Å²) >= 11 is 0. The molecular weight excluding hydrogens is 312 g/mol. The van der Waals surface area contributed by atoms with Crippen LogP contribution in [0.25, 0.3) is 0 Å². The molecule has 1 aliphatic rings. The summed E-state index contributed by atoms with van der Waals surface area (Å²) in [5.74, 6) is 1.25. The molecule has 2 aromatic rings. The number of carbonyl (C=O) groups is 2. The summed E-state index contributed by atoms with van der Waals surface area (Å²) in [4.78, 5) is 23.0. The first-order valence-electron chi connectivity index (χ1n) is 7.30. The Morgan fingerprint density at radius 3 is 2.67 bits per heavy atom. The lowest BCUT2D eigenvalue weighted by Gasteiger charge is -2.09. The maximum absolute atomic E-state index is 12.0. The van der Waals surface area contributed by atoms with Gasteiger partial charge in [0.25, 0.3) is 5.91 Å². The van der Waals surface area contributed by atoms with Crippen molar-refractivity contribution in [3.63, 3.8) is 0 Å². The Hall–Kier alpha value is -3.22. The number of ether oxygens (including phenoxy) is 3. The molecule has 1 aliphatic heterocycles. The number of carbonyl (C=O) groups excluding carboxylic acids is 2. The van der Waals surface area contributed by atoms with Crippen molar-refractivity contribution in [3.8, 4) is 17.2 Å². The van der Waals surface area contributed by atoms with E-state index >= 15 is 0 Å². The molecule has 7 heteroatoms. The smallest absolute Gasteiger partial charge is 0.262 e. The van der Waals surface area contributed by atoms with Crippen molar-refractivity contribution in [2.45, 2.75) is 6.92 Å². The quantitative estimate of drug-likeness (QED) is 0.880. The fourth-order valence-electron chi connectivity index (χ4n) is 2.19. The highest BCUT2D eigenvalue weighted by Gasteiger charge is 2.14. The highest BCUT2D eigenvalue weighted by molar-refractivity contribution is 5.92. The highest BCUT2D eigenvalue weighted by atomic mass is 16.7. The van der Waals surface area contributed by atoms with Crippen LogP contribution in [0.5, 0.6) is 17.2 Å². The molecule has 7 nitrogen and oxygen atoms in total. The Morgan fingerprint density at radius 1 is 1.04 bits per heavy atom. The molecule has 0 aromatic heterocycles. The second kappa shape index (κ2) is 6.91. The Balaban J connectivity index is 1.55. The second-order valence-corrected chi connectivity index (χ2v) is 5.11. The Bertz CT molecular complexity index is 775. The van der Waals surface area contributed by atoms with Crippen molar-refractivity contribution >= 4 is 23.2 Å². The molecule has 2 amide bonds. The number of hydrogen-bond acceptors (Lipinski definition) is 5. The molecule has 0 radical (unpaired) electrons. The van der Waals surface area contributed by atoms with E-state index in [9.17, 15) is 9.59 Å². The number of amides is 2. The average molecular weight is 328 g/mol. The number of rotatable bonds is 5. The van der Waals surface area contributed by atoms with E-state index in [4.69, 9.17) is 14.2 Å². The van der Waals surface area contributed by atoms with E-state index in [-0.39, 0.29) is 25.2 Å². The van der Waals surface area contributed by atoms with Crippen LogP contribution in [0.3, 0.4) is 0 Å². The summed E-state index contributed by atoms with van der Waals surface area (Å²) in [6.07, 6.45) is 0. The van der Waals surface area contributed by atoms with Crippen molar-refractivity contribution in [1.82, 2.24) is 0 Å². The molecule has 0 atom stereocenters. The first-order valence-corrected chi connectivity index (χ1v) is 7.30. The van der Waals surface area contributed by atoms with Gasteiger partial charge in [-0.2, -0.15) is 0 Å². The van der Waals surface area contributed by atoms with Crippen LogP contribution in [-0.4, -0.2) is 25.2 Å². The zero-order valence-electron chi connectivity index (χ0n) is 13.0. The highest BCUT2D eigenvalue weighted by Crippen LogP contribution is 2.34. The average Bonchev–Trinajstić information content (AvgIpc) is 3.00. The summed E-state index contributed by atoms with van der Waals surface area (Å²) in [6.45, 7) is 1.45. The molecule has 0 saturated carbocycles. The molecule has 3 rings (SSSR count). The summed E-state index contributed by atoms with van der Waals surface area (Å²) in [7, 11) is 0. The van der Waals surface area contributed by atoms with Gasteiger partial charge in [0.1, 0.15) is 5.75 Å². The Labute approximate surface area is 138 Å². The molecule has 0 unspecified atom stereocenters. The van der Waals surface area contributed by atoms with Crippen LogP contribution >= 0.6 is 0 Å². The third-order valence-electron chi connectivity index (χ3n) is 3.18. The molecule has 0 spiro atoms. The maximum atomic E-state index is 12.0. The van der Waals surface area contributed by atoms with Gasteiger partial charge in [-0.25, -0.2) is 0 Å². The minimum atomic E-state index is -0.307. The fourth-order valence-corrected chi connectivity index (χ4v) is 2.19. The zero-order valence-corrected chi connectivity index (χ0v) is 13.0. The lowest BCUT2D eigenvalue weighted by atomic mass is 10.3. The van der Waals surface area contributed by atoms with E-state index in [0.717, 1.165) is 0 Å². The summed E-state index contributed by atoms with van der Waals surface area (Å²) < 4.78 is 15.9. The van der Waals surface area contributed by atoms with Crippen LogP contribution in [0.2, 0.25) is 0 Å². The number of fused-ring (bicyclic) bond motifs is 1. The van der Waals surface area contributed by atoms with E-state index in [1.54, 1.807) is 42.5 Å². The van der Waals surface area contributed by atoms with Crippen LogP contribution in [0, 0.1) is 0 Å². The lowest BCUT2D eigenvalue weighted by Crippen LogP contribution is -2.20. The SMILES string of the molecule is CC(=O)Nc1cccc(OCC(=O)Nc2ccc3c(c2)OCO3)c1. The van der Waals surface area contributed by atoms with Crippen LogP contribution in [-0.2, 0) is 9.59 Å². The summed E-state index contributed by atoms with van der Waals surface area (Å²) in [6, 6.07) is 12.0. The Morgan fingerprint density at radius 2 is 1.83 bits per heavy atom. The largest absolute Gasteiger partial charge is 0.484 e. The molecule has 24 heavy (non-hydrogen) atoms. The number of nitrogens with one attached hydrogen (secondary N) is 2. The van der Waals surface area contributed by atoms with Gasteiger partial charge in [0, 0.05) is 30.4 Å². The third kappa shape index (κ3) is 3.95. The topological polar surface area (TPSA) is 85.9 Å². The number of anilines is 2. The van der Waals surface area contributed by atoms with Crippen LogP contribution < -0.4 is 24.8 Å². The van der Waals surface area contributed by atoms with Gasteiger partial charge >= 0.3 is 0 Å². The first-order chi connectivity index (χ1) is 11.6. The summed E-state index contributed by atoms with van der Waals surface area (Å²) in [5, 5.41) is 5.37. The van der Waals surface area contributed by atoms with E-state index < -0.39 is 0 Å². The van der Waals surface area contributed by atoms with E-state index in [2.05, 4.69) is 10.6 Å². The molecule has 1 heterocycles. The molecule has 0 bridgehead atoms. The number of benzene rings is 2. The molecule has 2 N–H and O–H groups in total. The normalized spacial score (nSPS) is 11.7. The van der Waals surface area contributed by atoms with Crippen LogP contribution in [0.1, 0.15) is 6.92 Å². The molecule has 0 saturated heterocycles. The zero-order chi connectivity index (χ0) is 16.9. The molecule has 0 fully saturated rings. The second-order valence-electron chi connectivity index (χ2n) is 5.11. The van der Waals surface area contributed by atoms with Gasteiger partial charge in [0.05, 0.1) is 0 Å². The standard InChI is InChI=1S/C17H16N2O5/c1-11(20)18-12-3-2-4-14(7-12)22-9-17(21)19-13-5-6-15-16(8-13)24-10-23-15/h2-8H,9-10H2,1H3,(H,18,20)(H,19,21). The monoisotopic (exact) mass is 328 g/mol. The third-order valence-corrected chi connectivity index (χ3v) is 3.18. The first kappa shape index (κ1) is 15.7. The summed E-state index contributed by atoms with van der Waals surface area (Å²) in [5.41, 5.74) is 1.20. The minimum Gasteiger partial charge on any atom is -0.484 e. The van der Waals surface area contributed by atoms with Crippen molar-refractivity contribution in [1.29, 1.82) is 0 Å².